The van der Waals surface area contributed by atoms with E-state index in [0.29, 0.717) is 14.3 Å². The Bertz CT molecular complexity index is 523. The van der Waals surface area contributed by atoms with Crippen LogP contribution in [0.4, 0.5) is 0 Å². The molecule has 5 heteroatoms. The first-order valence-electron chi connectivity index (χ1n) is 4.82. The van der Waals surface area contributed by atoms with Gasteiger partial charge in [0.15, 0.2) is 0 Å². The normalized spacial score (nSPS) is 18.6. The van der Waals surface area contributed by atoms with Gasteiger partial charge in [-0.2, -0.15) is 0 Å². The number of thiocarbonyl (C=S) groups is 1. The lowest BCUT2D eigenvalue weighted by Gasteiger charge is -1.94. The zero-order chi connectivity index (χ0) is 12.3. The van der Waals surface area contributed by atoms with Crippen molar-refractivity contribution in [2.45, 2.75) is 0 Å². The van der Waals surface area contributed by atoms with Crippen LogP contribution >= 0.6 is 35.6 Å². The van der Waals surface area contributed by atoms with Crippen LogP contribution in [0.1, 0.15) is 5.56 Å². The van der Waals surface area contributed by atoms with Gasteiger partial charge in [0.25, 0.3) is 5.91 Å². The van der Waals surface area contributed by atoms with Gasteiger partial charge in [-0.15, -0.1) is 0 Å². The lowest BCUT2D eigenvalue weighted by Crippen LogP contribution is -2.17. The van der Waals surface area contributed by atoms with Gasteiger partial charge in [-0.3, -0.25) is 4.79 Å². The summed E-state index contributed by atoms with van der Waals surface area (Å²) in [5, 5.41) is 3.04. The standard InChI is InChI=1S/C12H8ClNOS2/c13-9(6-8-4-2-1-3-5-8)7-10-11(15)14-12(16)17-10/h1-7H,(H,14,15,16)/b9-6+,10-7-. The number of thioether (sulfide) groups is 1. The topological polar surface area (TPSA) is 29.1 Å². The van der Waals surface area contributed by atoms with E-state index in [0.717, 1.165) is 5.56 Å². The Balaban J connectivity index is 2.19. The fourth-order valence-corrected chi connectivity index (χ4v) is 2.63. The monoisotopic (exact) mass is 281 g/mol. The number of amides is 1. The maximum Gasteiger partial charge on any atom is 0.263 e. The van der Waals surface area contributed by atoms with Crippen molar-refractivity contribution in [3.8, 4) is 0 Å². The van der Waals surface area contributed by atoms with Gasteiger partial charge < -0.3 is 5.32 Å². The Kier molecular flexibility index (Phi) is 3.99. The molecule has 1 heterocycles. The molecule has 0 unspecified atom stereocenters. The Morgan fingerprint density at radius 3 is 2.65 bits per heavy atom. The van der Waals surface area contributed by atoms with Crippen LogP contribution in [0.25, 0.3) is 6.08 Å². The van der Waals surface area contributed by atoms with Crippen molar-refractivity contribution >= 4 is 51.9 Å². The molecule has 86 valence electrons. The molecule has 17 heavy (non-hydrogen) atoms. The summed E-state index contributed by atoms with van der Waals surface area (Å²) in [5.74, 6) is -0.195. The SMILES string of the molecule is O=C1NC(=S)S/C1=C\C(Cl)=C/c1ccccc1. The highest BCUT2D eigenvalue weighted by atomic mass is 35.5. The zero-order valence-electron chi connectivity index (χ0n) is 8.64. The molecule has 1 saturated heterocycles. The Hall–Kier alpha value is -1.10. The van der Waals surface area contributed by atoms with E-state index in [1.165, 1.54) is 11.8 Å². The minimum atomic E-state index is -0.195. The Morgan fingerprint density at radius 2 is 2.06 bits per heavy atom. The molecule has 1 fully saturated rings. The van der Waals surface area contributed by atoms with Crippen LogP contribution in [0.3, 0.4) is 0 Å². The first-order chi connectivity index (χ1) is 8.15. The smallest absolute Gasteiger partial charge is 0.263 e. The fourth-order valence-electron chi connectivity index (χ4n) is 1.30. The van der Waals surface area contributed by atoms with Gasteiger partial charge in [-0.05, 0) is 17.7 Å². The first-order valence-corrected chi connectivity index (χ1v) is 6.42. The van der Waals surface area contributed by atoms with E-state index in [1.807, 2.05) is 30.3 Å². The van der Waals surface area contributed by atoms with Gasteiger partial charge in [0.05, 0.1) is 4.91 Å². The molecule has 0 atom stereocenters. The molecule has 1 aromatic rings. The zero-order valence-corrected chi connectivity index (χ0v) is 11.0. The maximum atomic E-state index is 11.4. The lowest BCUT2D eigenvalue weighted by atomic mass is 10.2. The molecule has 1 aliphatic heterocycles. The van der Waals surface area contributed by atoms with Crippen molar-refractivity contribution in [3.05, 3.63) is 51.9 Å². The molecular weight excluding hydrogens is 274 g/mol. The lowest BCUT2D eigenvalue weighted by molar-refractivity contribution is -0.115. The number of allylic oxidation sites excluding steroid dienone is 2. The van der Waals surface area contributed by atoms with E-state index in [9.17, 15) is 4.79 Å². The molecule has 2 rings (SSSR count). The first kappa shape index (κ1) is 12.4. The summed E-state index contributed by atoms with van der Waals surface area (Å²) >= 11 is 12.2. The average molecular weight is 282 g/mol. The minimum Gasteiger partial charge on any atom is -0.307 e. The molecule has 1 amide bonds. The van der Waals surface area contributed by atoms with Crippen molar-refractivity contribution in [1.29, 1.82) is 0 Å². The summed E-state index contributed by atoms with van der Waals surface area (Å²) < 4.78 is 0.463. The van der Waals surface area contributed by atoms with Gasteiger partial charge in [0.1, 0.15) is 4.32 Å². The van der Waals surface area contributed by atoms with Gasteiger partial charge in [0, 0.05) is 5.03 Å². The molecule has 0 spiro atoms. The molecule has 1 N–H and O–H groups in total. The average Bonchev–Trinajstić information content (AvgIpc) is 2.58. The van der Waals surface area contributed by atoms with Crippen LogP contribution in [0.5, 0.6) is 0 Å². The van der Waals surface area contributed by atoms with E-state index < -0.39 is 0 Å². The number of halogens is 1. The Labute approximate surface area is 114 Å². The van der Waals surface area contributed by atoms with Crippen LogP contribution in [0.15, 0.2) is 46.3 Å². The van der Waals surface area contributed by atoms with E-state index in [4.69, 9.17) is 23.8 Å². The van der Waals surface area contributed by atoms with Crippen molar-refractivity contribution < 1.29 is 4.79 Å². The van der Waals surface area contributed by atoms with Gasteiger partial charge in [0.2, 0.25) is 0 Å². The van der Waals surface area contributed by atoms with E-state index in [2.05, 4.69) is 5.32 Å². The van der Waals surface area contributed by atoms with Crippen molar-refractivity contribution in [2.75, 3.05) is 0 Å². The summed E-state index contributed by atoms with van der Waals surface area (Å²) in [7, 11) is 0. The second kappa shape index (κ2) is 5.49. The summed E-state index contributed by atoms with van der Waals surface area (Å²) in [6, 6.07) is 9.66. The Morgan fingerprint density at radius 1 is 1.35 bits per heavy atom. The molecule has 0 radical (unpaired) electrons. The van der Waals surface area contributed by atoms with Crippen LogP contribution in [0.2, 0.25) is 0 Å². The number of benzene rings is 1. The molecule has 2 nitrogen and oxygen atoms in total. The second-order valence-electron chi connectivity index (χ2n) is 3.29. The van der Waals surface area contributed by atoms with Gasteiger partial charge >= 0.3 is 0 Å². The number of hydrogen-bond donors (Lipinski definition) is 1. The minimum absolute atomic E-state index is 0.195. The van der Waals surface area contributed by atoms with Crippen LogP contribution < -0.4 is 5.32 Å². The highest BCUT2D eigenvalue weighted by Gasteiger charge is 2.21. The predicted molar refractivity (Wildman–Crippen MR) is 76.7 cm³/mol. The fraction of sp³-hybridized carbons (Fsp3) is 0. The van der Waals surface area contributed by atoms with Crippen LogP contribution in [-0.4, -0.2) is 10.2 Å². The molecule has 0 bridgehead atoms. The second-order valence-corrected chi connectivity index (χ2v) is 5.45. The van der Waals surface area contributed by atoms with Crippen molar-refractivity contribution in [2.24, 2.45) is 0 Å². The molecule has 1 aliphatic rings. The summed E-state index contributed by atoms with van der Waals surface area (Å²) in [5.41, 5.74) is 0.986. The van der Waals surface area contributed by atoms with Gasteiger partial charge in [-0.1, -0.05) is 65.9 Å². The largest absolute Gasteiger partial charge is 0.307 e. The number of rotatable bonds is 2. The third-order valence-electron chi connectivity index (χ3n) is 2.02. The highest BCUT2D eigenvalue weighted by Crippen LogP contribution is 2.26. The number of carbonyl (C=O) groups is 1. The number of nitrogens with one attached hydrogen (secondary N) is 1. The van der Waals surface area contributed by atoms with E-state index in [1.54, 1.807) is 12.2 Å². The maximum absolute atomic E-state index is 11.4. The van der Waals surface area contributed by atoms with E-state index >= 15 is 0 Å². The molecular formula is C12H8ClNOS2. The third-order valence-corrected chi connectivity index (χ3v) is 3.40. The van der Waals surface area contributed by atoms with Crippen molar-refractivity contribution in [1.82, 2.24) is 5.32 Å². The van der Waals surface area contributed by atoms with Crippen molar-refractivity contribution in [3.63, 3.8) is 0 Å². The quantitative estimate of drug-likeness (QED) is 0.666. The number of hydrogen-bond acceptors (Lipinski definition) is 3. The predicted octanol–water partition coefficient (Wildman–Crippen LogP) is 3.30. The number of carbonyl (C=O) groups excluding carboxylic acids is 1. The summed E-state index contributed by atoms with van der Waals surface area (Å²) in [6.07, 6.45) is 3.41. The van der Waals surface area contributed by atoms with Crippen LogP contribution in [-0.2, 0) is 4.79 Å². The highest BCUT2D eigenvalue weighted by molar-refractivity contribution is 8.26. The molecule has 0 aromatic heterocycles. The summed E-state index contributed by atoms with van der Waals surface area (Å²) in [4.78, 5) is 11.9. The third kappa shape index (κ3) is 3.43. The van der Waals surface area contributed by atoms with E-state index in [-0.39, 0.29) is 5.91 Å². The molecule has 0 saturated carbocycles. The molecule has 0 aliphatic carbocycles. The molecule has 1 aromatic carbocycles. The van der Waals surface area contributed by atoms with Gasteiger partial charge in [-0.25, -0.2) is 0 Å². The van der Waals surface area contributed by atoms with Crippen LogP contribution in [0, 0.1) is 0 Å². The summed E-state index contributed by atoms with van der Waals surface area (Å²) in [6.45, 7) is 0.